The van der Waals surface area contributed by atoms with E-state index in [1.54, 1.807) is 50.5 Å². The maximum Gasteiger partial charge on any atom is 0.327 e. The summed E-state index contributed by atoms with van der Waals surface area (Å²) >= 11 is 0. The number of carboxylic acid groups (broad SMARTS) is 1. The second-order valence-electron chi connectivity index (χ2n) is 9.28. The first-order chi connectivity index (χ1) is 17.7. The molecule has 2 atom stereocenters. The number of benzene rings is 2. The fourth-order valence-corrected chi connectivity index (χ4v) is 4.56. The van der Waals surface area contributed by atoms with Gasteiger partial charge in [0, 0.05) is 42.3 Å². The maximum absolute atomic E-state index is 13.9. The molecule has 0 bridgehead atoms. The largest absolute Gasteiger partial charge is 0.480 e. The van der Waals surface area contributed by atoms with Crippen LogP contribution in [0.2, 0.25) is 0 Å². The van der Waals surface area contributed by atoms with Crippen LogP contribution in [0.5, 0.6) is 0 Å². The molecule has 8 heteroatoms. The highest BCUT2D eigenvalue weighted by molar-refractivity contribution is 6.04. The molecule has 4 aromatic rings. The average molecular weight is 499 g/mol. The Hall–Kier alpha value is -4.46. The van der Waals surface area contributed by atoms with Crippen molar-refractivity contribution in [2.24, 2.45) is 0 Å². The standard InChI is InChI=1S/C29H30N4O4/c1-18-13-19(2)15-21(14-18)28(35)32(4)20(3)27(34)33(26-11-7-8-12-30-26)25(29(36)37)16-22-17-31-24-10-6-5-9-23(22)24/h5-15,17,20,25,31H,16H2,1-4H3,(H,36,37)/t20-,25-/m0/s1. The van der Waals surface area contributed by atoms with E-state index in [0.717, 1.165) is 27.6 Å². The number of aliphatic carboxylic acids is 1. The SMILES string of the molecule is Cc1cc(C)cc(C(=O)N(C)[C@@H](C)C(=O)N(c2ccccn2)[C@@H](Cc2c[nH]c3ccccc23)C(=O)O)c1. The van der Waals surface area contributed by atoms with Crippen molar-refractivity contribution < 1.29 is 19.5 Å². The van der Waals surface area contributed by atoms with Crippen LogP contribution < -0.4 is 4.90 Å². The highest BCUT2D eigenvalue weighted by Crippen LogP contribution is 2.25. The maximum atomic E-state index is 13.9. The Labute approximate surface area is 215 Å². The van der Waals surface area contributed by atoms with Crippen molar-refractivity contribution in [1.29, 1.82) is 0 Å². The number of hydrogen-bond acceptors (Lipinski definition) is 4. The lowest BCUT2D eigenvalue weighted by Gasteiger charge is -2.33. The molecule has 4 rings (SSSR count). The molecule has 2 aromatic carbocycles. The smallest absolute Gasteiger partial charge is 0.327 e. The van der Waals surface area contributed by atoms with Crippen molar-refractivity contribution in [3.63, 3.8) is 0 Å². The van der Waals surface area contributed by atoms with Crippen LogP contribution in [-0.4, -0.2) is 56.9 Å². The molecule has 2 aromatic heterocycles. The van der Waals surface area contributed by atoms with Crippen LogP contribution in [0.25, 0.3) is 10.9 Å². The quantitative estimate of drug-likeness (QED) is 0.375. The van der Waals surface area contributed by atoms with Crippen molar-refractivity contribution in [2.45, 2.75) is 39.3 Å². The number of anilines is 1. The fourth-order valence-electron chi connectivity index (χ4n) is 4.56. The number of carboxylic acids is 1. The van der Waals surface area contributed by atoms with Crippen molar-refractivity contribution in [2.75, 3.05) is 11.9 Å². The number of rotatable bonds is 8. The zero-order chi connectivity index (χ0) is 26.7. The summed E-state index contributed by atoms with van der Waals surface area (Å²) in [5, 5.41) is 11.2. The normalized spacial score (nSPS) is 12.6. The fraction of sp³-hybridized carbons (Fsp3) is 0.241. The van der Waals surface area contributed by atoms with Crippen LogP contribution in [0.15, 0.2) is 73.1 Å². The minimum atomic E-state index is -1.24. The summed E-state index contributed by atoms with van der Waals surface area (Å²) in [6.45, 7) is 5.41. The lowest BCUT2D eigenvalue weighted by atomic mass is 10.0. The molecule has 2 heterocycles. The third-order valence-electron chi connectivity index (χ3n) is 6.55. The van der Waals surface area contributed by atoms with Crippen molar-refractivity contribution in [3.05, 3.63) is 95.3 Å². The summed E-state index contributed by atoms with van der Waals surface area (Å²) in [6.07, 6.45) is 3.33. The number of nitrogens with zero attached hydrogens (tertiary/aromatic N) is 3. The number of para-hydroxylation sites is 1. The molecule has 37 heavy (non-hydrogen) atoms. The van der Waals surface area contributed by atoms with Crippen LogP contribution in [-0.2, 0) is 16.0 Å². The van der Waals surface area contributed by atoms with E-state index in [0.29, 0.717) is 5.56 Å². The van der Waals surface area contributed by atoms with Gasteiger partial charge >= 0.3 is 5.97 Å². The van der Waals surface area contributed by atoms with E-state index in [9.17, 15) is 19.5 Å². The van der Waals surface area contributed by atoms with Crippen LogP contribution in [0.4, 0.5) is 5.82 Å². The highest BCUT2D eigenvalue weighted by Gasteiger charge is 2.37. The molecule has 0 saturated carbocycles. The van der Waals surface area contributed by atoms with E-state index >= 15 is 0 Å². The number of aromatic nitrogens is 2. The number of fused-ring (bicyclic) bond motifs is 1. The number of H-pyrrole nitrogens is 1. The minimum absolute atomic E-state index is 0.0586. The Balaban J connectivity index is 1.69. The molecular weight excluding hydrogens is 468 g/mol. The zero-order valence-electron chi connectivity index (χ0n) is 21.3. The molecule has 190 valence electrons. The van der Waals surface area contributed by atoms with Gasteiger partial charge in [0.15, 0.2) is 0 Å². The molecule has 0 saturated heterocycles. The van der Waals surface area contributed by atoms with E-state index < -0.39 is 24.0 Å². The second-order valence-corrected chi connectivity index (χ2v) is 9.28. The molecule has 8 nitrogen and oxygen atoms in total. The predicted octanol–water partition coefficient (Wildman–Crippen LogP) is 4.37. The first-order valence-corrected chi connectivity index (χ1v) is 12.0. The van der Waals surface area contributed by atoms with E-state index in [4.69, 9.17) is 0 Å². The number of hydrogen-bond donors (Lipinski definition) is 2. The van der Waals surface area contributed by atoms with Gasteiger partial charge in [0.05, 0.1) is 0 Å². The van der Waals surface area contributed by atoms with Gasteiger partial charge in [-0.1, -0.05) is 41.5 Å². The predicted molar refractivity (Wildman–Crippen MR) is 143 cm³/mol. The van der Waals surface area contributed by atoms with Gasteiger partial charge < -0.3 is 15.0 Å². The third-order valence-corrected chi connectivity index (χ3v) is 6.55. The molecular formula is C29H30N4O4. The lowest BCUT2D eigenvalue weighted by molar-refractivity contribution is -0.140. The molecule has 0 aliphatic rings. The topological polar surface area (TPSA) is 107 Å². The molecule has 2 amide bonds. The van der Waals surface area contributed by atoms with Crippen LogP contribution in [0.3, 0.4) is 0 Å². The lowest BCUT2D eigenvalue weighted by Crippen LogP contribution is -2.54. The van der Waals surface area contributed by atoms with Gasteiger partial charge in [0.2, 0.25) is 0 Å². The van der Waals surface area contributed by atoms with Gasteiger partial charge in [-0.05, 0) is 56.7 Å². The summed E-state index contributed by atoms with van der Waals surface area (Å²) < 4.78 is 0. The van der Waals surface area contributed by atoms with Gasteiger partial charge in [0.25, 0.3) is 11.8 Å². The first kappa shape index (κ1) is 25.6. The summed E-state index contributed by atoms with van der Waals surface area (Å²) in [5.41, 5.74) is 4.00. The highest BCUT2D eigenvalue weighted by atomic mass is 16.4. The van der Waals surface area contributed by atoms with Crippen molar-refractivity contribution in [3.8, 4) is 0 Å². The number of nitrogens with one attached hydrogen (secondary N) is 1. The Kier molecular flexibility index (Phi) is 7.38. The molecule has 0 fully saturated rings. The van der Waals surface area contributed by atoms with Crippen LogP contribution in [0, 0.1) is 13.8 Å². The molecule has 0 aliphatic carbocycles. The van der Waals surface area contributed by atoms with E-state index in [1.165, 1.54) is 16.0 Å². The van der Waals surface area contributed by atoms with E-state index in [1.807, 2.05) is 44.2 Å². The number of aryl methyl sites for hydroxylation is 2. The Morgan fingerprint density at radius 3 is 2.32 bits per heavy atom. The summed E-state index contributed by atoms with van der Waals surface area (Å²) in [5.74, 6) is -1.82. The van der Waals surface area contributed by atoms with Crippen molar-refractivity contribution >= 4 is 34.5 Å². The van der Waals surface area contributed by atoms with Crippen molar-refractivity contribution in [1.82, 2.24) is 14.9 Å². The van der Waals surface area contributed by atoms with E-state index in [-0.39, 0.29) is 18.1 Å². The Bertz CT molecular complexity index is 1430. The van der Waals surface area contributed by atoms with E-state index in [2.05, 4.69) is 9.97 Å². The Morgan fingerprint density at radius 2 is 1.68 bits per heavy atom. The summed E-state index contributed by atoms with van der Waals surface area (Å²) in [6, 6.07) is 15.9. The first-order valence-electron chi connectivity index (χ1n) is 12.0. The van der Waals surface area contributed by atoms with Gasteiger partial charge in [0.1, 0.15) is 17.9 Å². The van der Waals surface area contributed by atoms with Gasteiger partial charge in [-0.15, -0.1) is 0 Å². The number of carbonyl (C=O) groups is 3. The van der Waals surface area contributed by atoms with Crippen LogP contribution in [0.1, 0.15) is 34.0 Å². The average Bonchev–Trinajstić information content (AvgIpc) is 3.29. The second kappa shape index (κ2) is 10.7. The van der Waals surface area contributed by atoms with Gasteiger partial charge in [-0.25, -0.2) is 9.78 Å². The molecule has 0 unspecified atom stereocenters. The molecule has 0 radical (unpaired) electrons. The third kappa shape index (κ3) is 5.38. The number of amides is 2. The number of likely N-dealkylation sites (N-methyl/N-ethyl adjacent to an activating group) is 1. The number of aromatic amines is 1. The van der Waals surface area contributed by atoms with Gasteiger partial charge in [-0.3, -0.25) is 14.5 Å². The summed E-state index contributed by atoms with van der Waals surface area (Å²) in [7, 11) is 1.55. The van der Waals surface area contributed by atoms with Gasteiger partial charge in [-0.2, -0.15) is 0 Å². The number of carbonyl (C=O) groups excluding carboxylic acids is 2. The summed E-state index contributed by atoms with van der Waals surface area (Å²) in [4.78, 5) is 49.8. The minimum Gasteiger partial charge on any atom is -0.480 e. The molecule has 0 aliphatic heterocycles. The monoisotopic (exact) mass is 498 g/mol. The number of pyridine rings is 1. The zero-order valence-corrected chi connectivity index (χ0v) is 21.3. The molecule has 0 spiro atoms. The Morgan fingerprint density at radius 1 is 1.00 bits per heavy atom. The molecule has 2 N–H and O–H groups in total. The van der Waals surface area contributed by atoms with Crippen LogP contribution >= 0.6 is 0 Å².